The number of phenolic OH excluding ortho intramolecular Hbond substituents is 1. The van der Waals surface area contributed by atoms with E-state index in [4.69, 9.17) is 9.97 Å². The molecule has 7 nitrogen and oxygen atoms in total. The Labute approximate surface area is 166 Å². The number of para-hydroxylation sites is 1. The molecule has 0 radical (unpaired) electrons. The maximum atomic E-state index is 9.88. The molecular weight excluding hydrogens is 352 g/mol. The second-order valence-corrected chi connectivity index (χ2v) is 7.44. The molecule has 2 N–H and O–H groups in total. The van der Waals surface area contributed by atoms with Crippen molar-refractivity contribution in [3.05, 3.63) is 35.9 Å². The second-order valence-electron chi connectivity index (χ2n) is 7.44. The number of nitrogens with one attached hydrogen (secondary N) is 1. The Morgan fingerprint density at radius 1 is 0.893 bits per heavy atom. The molecule has 2 fully saturated rings. The summed E-state index contributed by atoms with van der Waals surface area (Å²) in [5.74, 6) is 2.64. The number of hydrazone groups is 1. The molecule has 2 aliphatic rings. The molecule has 0 unspecified atom stereocenters. The topological polar surface area (TPSA) is 76.9 Å². The Balaban J connectivity index is 1.56. The van der Waals surface area contributed by atoms with Crippen LogP contribution in [-0.2, 0) is 0 Å². The zero-order valence-corrected chi connectivity index (χ0v) is 16.2. The lowest BCUT2D eigenvalue weighted by Crippen LogP contribution is -2.33. The molecule has 0 bridgehead atoms. The number of aromatic nitrogens is 2. The van der Waals surface area contributed by atoms with Crippen molar-refractivity contribution in [2.75, 3.05) is 41.4 Å². The summed E-state index contributed by atoms with van der Waals surface area (Å²) in [6.07, 6.45) is 8.96. The quantitative estimate of drug-likeness (QED) is 0.610. The Bertz CT molecular complexity index is 776. The molecule has 2 saturated heterocycles. The first-order valence-electron chi connectivity index (χ1n) is 10.3. The average Bonchev–Trinajstić information content (AvgIpc) is 2.76. The van der Waals surface area contributed by atoms with Gasteiger partial charge in [0.2, 0.25) is 5.95 Å². The molecule has 148 valence electrons. The predicted octanol–water partition coefficient (Wildman–Crippen LogP) is 3.61. The van der Waals surface area contributed by atoms with Gasteiger partial charge >= 0.3 is 0 Å². The van der Waals surface area contributed by atoms with Crippen LogP contribution in [0.1, 0.15) is 44.1 Å². The molecule has 2 aliphatic heterocycles. The Morgan fingerprint density at radius 3 is 2.29 bits per heavy atom. The molecule has 0 saturated carbocycles. The van der Waals surface area contributed by atoms with Crippen LogP contribution < -0.4 is 15.2 Å². The minimum Gasteiger partial charge on any atom is -0.507 e. The number of hydrogen-bond donors (Lipinski definition) is 2. The summed E-state index contributed by atoms with van der Waals surface area (Å²) in [4.78, 5) is 14.2. The van der Waals surface area contributed by atoms with Crippen molar-refractivity contribution in [1.82, 2.24) is 9.97 Å². The van der Waals surface area contributed by atoms with Crippen molar-refractivity contribution in [2.24, 2.45) is 5.10 Å². The molecule has 2 aromatic rings. The van der Waals surface area contributed by atoms with E-state index >= 15 is 0 Å². The molecule has 0 atom stereocenters. The third kappa shape index (κ3) is 4.52. The lowest BCUT2D eigenvalue weighted by Gasteiger charge is -2.31. The summed E-state index contributed by atoms with van der Waals surface area (Å²) in [6, 6.07) is 9.10. The number of aromatic hydroxyl groups is 1. The van der Waals surface area contributed by atoms with Crippen LogP contribution in [0.15, 0.2) is 35.4 Å². The van der Waals surface area contributed by atoms with Crippen molar-refractivity contribution < 1.29 is 5.11 Å². The van der Waals surface area contributed by atoms with Gasteiger partial charge in [-0.1, -0.05) is 12.1 Å². The van der Waals surface area contributed by atoms with E-state index in [1.54, 1.807) is 18.3 Å². The van der Waals surface area contributed by atoms with E-state index in [9.17, 15) is 5.11 Å². The number of phenols is 1. The van der Waals surface area contributed by atoms with E-state index in [0.29, 0.717) is 11.4 Å². The van der Waals surface area contributed by atoms with Gasteiger partial charge in [0.1, 0.15) is 11.6 Å². The summed E-state index contributed by atoms with van der Waals surface area (Å²) >= 11 is 0. The monoisotopic (exact) mass is 380 g/mol. The SMILES string of the molecule is Oc1ccccc1/C=N\Nc1cc(N2CCCCC2)nc(N2CCCCC2)n1. The smallest absolute Gasteiger partial charge is 0.229 e. The standard InChI is InChI=1S/C21H28N6O/c28-18-10-4-3-9-17(18)16-22-25-19-15-20(26-11-5-1-6-12-26)24-21(23-19)27-13-7-2-8-14-27/h3-4,9-10,15-16,28H,1-2,5-8,11-14H2,(H,23,24,25)/b22-16-. The molecule has 0 amide bonds. The zero-order chi connectivity index (χ0) is 19.2. The minimum absolute atomic E-state index is 0.207. The number of anilines is 3. The minimum atomic E-state index is 0.207. The Morgan fingerprint density at radius 2 is 1.57 bits per heavy atom. The van der Waals surface area contributed by atoms with Gasteiger partial charge in [-0.15, -0.1) is 0 Å². The van der Waals surface area contributed by atoms with Gasteiger partial charge in [-0.2, -0.15) is 15.1 Å². The summed E-state index contributed by atoms with van der Waals surface area (Å²) in [6.45, 7) is 4.09. The first-order valence-corrected chi connectivity index (χ1v) is 10.3. The highest BCUT2D eigenvalue weighted by molar-refractivity contribution is 5.83. The molecule has 4 rings (SSSR count). The van der Waals surface area contributed by atoms with Crippen molar-refractivity contribution >= 4 is 23.8 Å². The van der Waals surface area contributed by atoms with Gasteiger partial charge < -0.3 is 14.9 Å². The summed E-state index contributed by atoms with van der Waals surface area (Å²) < 4.78 is 0. The van der Waals surface area contributed by atoms with E-state index in [2.05, 4.69) is 20.3 Å². The molecule has 3 heterocycles. The van der Waals surface area contributed by atoms with E-state index < -0.39 is 0 Å². The van der Waals surface area contributed by atoms with Crippen molar-refractivity contribution in [3.8, 4) is 5.75 Å². The Hall–Kier alpha value is -2.83. The highest BCUT2D eigenvalue weighted by Gasteiger charge is 2.19. The molecular formula is C21H28N6O. The fraction of sp³-hybridized carbons (Fsp3) is 0.476. The van der Waals surface area contributed by atoms with Crippen LogP contribution in [0.3, 0.4) is 0 Å². The summed E-state index contributed by atoms with van der Waals surface area (Å²) in [7, 11) is 0. The number of benzene rings is 1. The third-order valence-electron chi connectivity index (χ3n) is 5.34. The van der Waals surface area contributed by atoms with Crippen molar-refractivity contribution in [2.45, 2.75) is 38.5 Å². The van der Waals surface area contributed by atoms with Crippen molar-refractivity contribution in [3.63, 3.8) is 0 Å². The van der Waals surface area contributed by atoms with Crippen LogP contribution in [0.4, 0.5) is 17.6 Å². The molecule has 1 aromatic carbocycles. The van der Waals surface area contributed by atoms with Crippen LogP contribution in [0.5, 0.6) is 5.75 Å². The lowest BCUT2D eigenvalue weighted by molar-refractivity contribution is 0.474. The first-order chi connectivity index (χ1) is 13.8. The van der Waals surface area contributed by atoms with Crippen LogP contribution in [0, 0.1) is 0 Å². The summed E-state index contributed by atoms with van der Waals surface area (Å²) in [5, 5.41) is 14.2. The van der Waals surface area contributed by atoms with E-state index in [-0.39, 0.29) is 5.75 Å². The Kier molecular flexibility index (Phi) is 5.89. The van der Waals surface area contributed by atoms with E-state index in [0.717, 1.165) is 37.9 Å². The molecule has 1 aromatic heterocycles. The van der Waals surface area contributed by atoms with Crippen LogP contribution >= 0.6 is 0 Å². The number of piperidine rings is 2. The molecule has 0 spiro atoms. The van der Waals surface area contributed by atoms with Gasteiger partial charge in [0.15, 0.2) is 5.82 Å². The normalized spacial score (nSPS) is 17.9. The van der Waals surface area contributed by atoms with E-state index in [1.165, 1.54) is 38.5 Å². The first kappa shape index (κ1) is 18.5. The van der Waals surface area contributed by atoms with E-state index in [1.807, 2.05) is 18.2 Å². The zero-order valence-electron chi connectivity index (χ0n) is 16.2. The number of nitrogens with zero attached hydrogens (tertiary/aromatic N) is 5. The van der Waals surface area contributed by atoms with Crippen LogP contribution in [0.2, 0.25) is 0 Å². The van der Waals surface area contributed by atoms with Crippen LogP contribution in [-0.4, -0.2) is 47.5 Å². The van der Waals surface area contributed by atoms with Gasteiger partial charge in [-0.25, -0.2) is 0 Å². The third-order valence-corrected chi connectivity index (χ3v) is 5.34. The molecule has 0 aliphatic carbocycles. The van der Waals surface area contributed by atoms with Gasteiger partial charge in [0.05, 0.1) is 6.21 Å². The molecule has 7 heteroatoms. The molecule has 28 heavy (non-hydrogen) atoms. The largest absolute Gasteiger partial charge is 0.507 e. The lowest BCUT2D eigenvalue weighted by atomic mass is 10.1. The predicted molar refractivity (Wildman–Crippen MR) is 113 cm³/mol. The second kappa shape index (κ2) is 8.91. The van der Waals surface area contributed by atoms with Gasteiger partial charge in [-0.05, 0) is 50.7 Å². The maximum absolute atomic E-state index is 9.88. The fourth-order valence-corrected chi connectivity index (χ4v) is 3.76. The van der Waals surface area contributed by atoms with Crippen molar-refractivity contribution in [1.29, 1.82) is 0 Å². The van der Waals surface area contributed by atoms with Gasteiger partial charge in [-0.3, -0.25) is 5.43 Å². The summed E-state index contributed by atoms with van der Waals surface area (Å²) in [5.41, 5.74) is 3.70. The maximum Gasteiger partial charge on any atom is 0.229 e. The fourth-order valence-electron chi connectivity index (χ4n) is 3.76. The number of rotatable bonds is 5. The highest BCUT2D eigenvalue weighted by atomic mass is 16.3. The van der Waals surface area contributed by atoms with Gasteiger partial charge in [0.25, 0.3) is 0 Å². The number of hydrogen-bond acceptors (Lipinski definition) is 7. The van der Waals surface area contributed by atoms with Crippen LogP contribution in [0.25, 0.3) is 0 Å². The highest BCUT2D eigenvalue weighted by Crippen LogP contribution is 2.25. The average molecular weight is 380 g/mol. The van der Waals surface area contributed by atoms with Gasteiger partial charge in [0, 0.05) is 37.8 Å².